The van der Waals surface area contributed by atoms with Crippen molar-refractivity contribution < 1.29 is 0 Å². The molecule has 0 bridgehead atoms. The average Bonchev–Trinajstić information content (AvgIpc) is 2.42. The van der Waals surface area contributed by atoms with Gasteiger partial charge in [0.1, 0.15) is 0 Å². The predicted octanol–water partition coefficient (Wildman–Crippen LogP) is 3.27. The molecule has 0 aromatic heterocycles. The largest absolute Gasteiger partial charge is 0.367 e. The van der Waals surface area contributed by atoms with Gasteiger partial charge in [0, 0.05) is 23.8 Å². The molecule has 1 aromatic rings. The minimum absolute atomic E-state index is 0.181. The molecule has 0 radical (unpaired) electrons. The van der Waals surface area contributed by atoms with E-state index in [2.05, 4.69) is 63.0 Å². The van der Waals surface area contributed by atoms with Gasteiger partial charge in [0.2, 0.25) is 0 Å². The molecular formula is C16H26N2. The first-order valence-electron chi connectivity index (χ1n) is 6.98. The lowest BCUT2D eigenvalue weighted by atomic mass is 10.0. The smallest absolute Gasteiger partial charge is 0.0401 e. The average molecular weight is 246 g/mol. The Hall–Kier alpha value is -1.02. The summed E-state index contributed by atoms with van der Waals surface area (Å²) in [5.41, 5.74) is 4.39. The van der Waals surface area contributed by atoms with Crippen LogP contribution in [0.1, 0.15) is 38.3 Å². The van der Waals surface area contributed by atoms with Gasteiger partial charge < -0.3 is 10.2 Å². The number of nitrogens with one attached hydrogen (secondary N) is 1. The Morgan fingerprint density at radius 3 is 2.72 bits per heavy atom. The Morgan fingerprint density at radius 2 is 2.00 bits per heavy atom. The molecule has 1 saturated heterocycles. The number of benzene rings is 1. The van der Waals surface area contributed by atoms with Crippen molar-refractivity contribution in [1.82, 2.24) is 5.32 Å². The molecule has 2 rings (SSSR count). The summed E-state index contributed by atoms with van der Waals surface area (Å²) in [6.07, 6.45) is 1.21. The van der Waals surface area contributed by atoms with Crippen molar-refractivity contribution in [2.24, 2.45) is 0 Å². The topological polar surface area (TPSA) is 15.3 Å². The molecule has 1 aliphatic heterocycles. The number of hydrogen-bond donors (Lipinski definition) is 1. The normalized spacial score (nSPS) is 23.8. The highest BCUT2D eigenvalue weighted by molar-refractivity contribution is 5.57. The summed E-state index contributed by atoms with van der Waals surface area (Å²) in [4.78, 5) is 2.57. The summed E-state index contributed by atoms with van der Waals surface area (Å²) < 4.78 is 0. The fourth-order valence-corrected chi connectivity index (χ4v) is 2.78. The lowest BCUT2D eigenvalue weighted by Crippen LogP contribution is -2.47. The van der Waals surface area contributed by atoms with Crippen LogP contribution in [0.4, 0.5) is 5.69 Å². The second-order valence-electron chi connectivity index (χ2n) is 6.30. The molecule has 1 atom stereocenters. The molecule has 1 heterocycles. The van der Waals surface area contributed by atoms with E-state index in [-0.39, 0.29) is 5.54 Å². The Labute approximate surface area is 111 Å². The molecule has 0 saturated carbocycles. The Morgan fingerprint density at radius 1 is 1.28 bits per heavy atom. The Kier molecular flexibility index (Phi) is 3.67. The molecular weight excluding hydrogens is 220 g/mol. The monoisotopic (exact) mass is 246 g/mol. The van der Waals surface area contributed by atoms with Crippen molar-refractivity contribution in [1.29, 1.82) is 0 Å². The first-order chi connectivity index (χ1) is 8.41. The second-order valence-corrected chi connectivity index (χ2v) is 6.30. The highest BCUT2D eigenvalue weighted by Gasteiger charge is 2.28. The fourth-order valence-electron chi connectivity index (χ4n) is 2.78. The van der Waals surface area contributed by atoms with E-state index >= 15 is 0 Å². The zero-order valence-corrected chi connectivity index (χ0v) is 12.4. The Balaban J connectivity index is 2.37. The summed E-state index contributed by atoms with van der Waals surface area (Å²) in [5, 5.41) is 3.64. The van der Waals surface area contributed by atoms with Gasteiger partial charge in [-0.3, -0.25) is 0 Å². The van der Waals surface area contributed by atoms with Gasteiger partial charge in [0.25, 0.3) is 0 Å². The van der Waals surface area contributed by atoms with E-state index in [0.29, 0.717) is 6.04 Å². The van der Waals surface area contributed by atoms with Gasteiger partial charge in [-0.1, -0.05) is 12.1 Å². The van der Waals surface area contributed by atoms with Crippen LogP contribution in [-0.2, 0) is 0 Å². The summed E-state index contributed by atoms with van der Waals surface area (Å²) >= 11 is 0. The zero-order valence-electron chi connectivity index (χ0n) is 12.4. The van der Waals surface area contributed by atoms with Crippen molar-refractivity contribution in [3.63, 3.8) is 0 Å². The first-order valence-corrected chi connectivity index (χ1v) is 6.98. The molecule has 0 amide bonds. The van der Waals surface area contributed by atoms with Gasteiger partial charge in [0.15, 0.2) is 0 Å². The van der Waals surface area contributed by atoms with E-state index in [1.165, 1.54) is 23.2 Å². The van der Waals surface area contributed by atoms with Crippen molar-refractivity contribution in [2.75, 3.05) is 18.0 Å². The fraction of sp³-hybridized carbons (Fsp3) is 0.625. The van der Waals surface area contributed by atoms with Crippen LogP contribution in [0.5, 0.6) is 0 Å². The molecule has 18 heavy (non-hydrogen) atoms. The van der Waals surface area contributed by atoms with Crippen LogP contribution in [0.2, 0.25) is 0 Å². The number of hydrogen-bond acceptors (Lipinski definition) is 2. The van der Waals surface area contributed by atoms with E-state index in [1.807, 2.05) is 0 Å². The van der Waals surface area contributed by atoms with Crippen molar-refractivity contribution in [2.45, 2.75) is 52.6 Å². The summed E-state index contributed by atoms with van der Waals surface area (Å²) in [6, 6.07) is 7.24. The molecule has 2 nitrogen and oxygen atoms in total. The molecule has 1 fully saturated rings. The van der Waals surface area contributed by atoms with Crippen LogP contribution in [0, 0.1) is 13.8 Å². The first kappa shape index (κ1) is 13.4. The van der Waals surface area contributed by atoms with Crippen LogP contribution >= 0.6 is 0 Å². The minimum atomic E-state index is 0.181. The third-order valence-electron chi connectivity index (χ3n) is 4.15. The van der Waals surface area contributed by atoms with E-state index < -0.39 is 0 Å². The third kappa shape index (κ3) is 2.69. The lowest BCUT2D eigenvalue weighted by molar-refractivity contribution is 0.415. The maximum Gasteiger partial charge on any atom is 0.0401 e. The maximum absolute atomic E-state index is 3.64. The number of aryl methyl sites for hydroxylation is 1. The maximum atomic E-state index is 3.64. The zero-order chi connectivity index (χ0) is 13.3. The second kappa shape index (κ2) is 4.93. The van der Waals surface area contributed by atoms with Gasteiger partial charge in [0.05, 0.1) is 0 Å². The number of rotatable bonds is 1. The molecule has 1 unspecified atom stereocenters. The van der Waals surface area contributed by atoms with Gasteiger partial charge in [-0.2, -0.15) is 0 Å². The molecule has 0 spiro atoms. The molecule has 1 aliphatic rings. The number of anilines is 1. The summed E-state index contributed by atoms with van der Waals surface area (Å²) in [7, 11) is 0. The SMILES string of the molecule is Cc1cccc(N2CC(C)(C)NCCC2C)c1C. The standard InChI is InChI=1S/C16H26N2/c1-12-7-6-8-15(14(12)3)18-11-16(4,5)17-10-9-13(18)2/h6-8,13,17H,9-11H2,1-5H3. The van der Waals surface area contributed by atoms with Gasteiger partial charge in [-0.25, -0.2) is 0 Å². The van der Waals surface area contributed by atoms with Crippen LogP contribution in [-0.4, -0.2) is 24.7 Å². The molecule has 2 heteroatoms. The molecule has 1 aromatic carbocycles. The Bertz CT molecular complexity index is 423. The van der Waals surface area contributed by atoms with E-state index in [0.717, 1.165) is 13.1 Å². The van der Waals surface area contributed by atoms with Crippen LogP contribution in [0.3, 0.4) is 0 Å². The van der Waals surface area contributed by atoms with Gasteiger partial charge in [-0.05, 0) is 64.8 Å². The van der Waals surface area contributed by atoms with Crippen molar-refractivity contribution in [3.05, 3.63) is 29.3 Å². The van der Waals surface area contributed by atoms with E-state index in [4.69, 9.17) is 0 Å². The number of nitrogens with zero attached hydrogens (tertiary/aromatic N) is 1. The minimum Gasteiger partial charge on any atom is -0.367 e. The molecule has 0 aliphatic carbocycles. The van der Waals surface area contributed by atoms with E-state index in [9.17, 15) is 0 Å². The lowest BCUT2D eigenvalue weighted by Gasteiger charge is -2.36. The van der Waals surface area contributed by atoms with Crippen LogP contribution in [0.25, 0.3) is 0 Å². The van der Waals surface area contributed by atoms with Gasteiger partial charge in [-0.15, -0.1) is 0 Å². The summed E-state index contributed by atoms with van der Waals surface area (Å²) in [6.45, 7) is 13.5. The highest BCUT2D eigenvalue weighted by atomic mass is 15.2. The van der Waals surface area contributed by atoms with Crippen LogP contribution in [0.15, 0.2) is 18.2 Å². The van der Waals surface area contributed by atoms with Crippen molar-refractivity contribution >= 4 is 5.69 Å². The van der Waals surface area contributed by atoms with Crippen LogP contribution < -0.4 is 10.2 Å². The molecule has 1 N–H and O–H groups in total. The van der Waals surface area contributed by atoms with Crippen molar-refractivity contribution in [3.8, 4) is 0 Å². The van der Waals surface area contributed by atoms with Gasteiger partial charge >= 0.3 is 0 Å². The third-order valence-corrected chi connectivity index (χ3v) is 4.15. The molecule has 100 valence electrons. The van der Waals surface area contributed by atoms with E-state index in [1.54, 1.807) is 0 Å². The predicted molar refractivity (Wildman–Crippen MR) is 79.4 cm³/mol. The summed E-state index contributed by atoms with van der Waals surface area (Å²) in [5.74, 6) is 0. The quantitative estimate of drug-likeness (QED) is 0.818. The highest BCUT2D eigenvalue weighted by Crippen LogP contribution is 2.28.